The lowest BCUT2D eigenvalue weighted by molar-refractivity contribution is 0.261. The average molecular weight is 495 g/mol. The quantitative estimate of drug-likeness (QED) is 0.513. The van der Waals surface area contributed by atoms with Crippen molar-refractivity contribution in [2.75, 3.05) is 53.7 Å². The second kappa shape index (κ2) is 9.34. The van der Waals surface area contributed by atoms with Gasteiger partial charge in [0.2, 0.25) is 10.0 Å². The number of aromatic nitrogens is 1. The van der Waals surface area contributed by atoms with Gasteiger partial charge in [0.15, 0.2) is 14.9 Å². The number of fused-ring (bicyclic) bond motifs is 1. The first kappa shape index (κ1) is 23.0. The van der Waals surface area contributed by atoms with Gasteiger partial charge in [-0.25, -0.2) is 16.8 Å². The third-order valence-corrected chi connectivity index (χ3v) is 9.66. The molecule has 172 valence electrons. The summed E-state index contributed by atoms with van der Waals surface area (Å²) in [6.45, 7) is 4.73. The maximum atomic E-state index is 11.9. The van der Waals surface area contributed by atoms with Crippen LogP contribution in [0.5, 0.6) is 0 Å². The van der Waals surface area contributed by atoms with Crippen molar-refractivity contribution in [1.29, 1.82) is 0 Å². The number of hydrogen-bond donors (Lipinski definition) is 1. The minimum Gasteiger partial charge on any atom is -0.353 e. The number of anilines is 2. The molecule has 4 rings (SSSR count). The molecule has 1 aliphatic rings. The van der Waals surface area contributed by atoms with Crippen molar-refractivity contribution in [2.45, 2.75) is 6.42 Å². The number of piperazine rings is 1. The third kappa shape index (κ3) is 5.97. The van der Waals surface area contributed by atoms with Crippen molar-refractivity contribution in [3.8, 4) is 0 Å². The summed E-state index contributed by atoms with van der Waals surface area (Å²) in [7, 11) is -7.55. The number of benzene rings is 2. The molecule has 3 aromatic rings. The number of rotatable bonds is 8. The second-order valence-electron chi connectivity index (χ2n) is 8.04. The molecule has 0 spiro atoms. The van der Waals surface area contributed by atoms with Gasteiger partial charge in [0.05, 0.1) is 4.70 Å². The first-order valence-electron chi connectivity index (χ1n) is 10.3. The van der Waals surface area contributed by atoms with E-state index in [2.05, 4.69) is 37.1 Å². The first-order valence-corrected chi connectivity index (χ1v) is 14.8. The molecule has 1 aliphatic heterocycles. The maximum Gasteiger partial charge on any atom is 0.247 e. The Kier molecular flexibility index (Phi) is 6.70. The van der Waals surface area contributed by atoms with Crippen LogP contribution in [0.2, 0.25) is 0 Å². The highest BCUT2D eigenvalue weighted by atomic mass is 32.3. The van der Waals surface area contributed by atoms with Gasteiger partial charge in [-0.05, 0) is 47.8 Å². The van der Waals surface area contributed by atoms with Gasteiger partial charge in [-0.3, -0.25) is 9.62 Å². The van der Waals surface area contributed by atoms with E-state index in [4.69, 9.17) is 0 Å². The van der Waals surface area contributed by atoms with Crippen LogP contribution in [0.3, 0.4) is 0 Å². The van der Waals surface area contributed by atoms with Crippen LogP contribution in [0, 0.1) is 0 Å². The van der Waals surface area contributed by atoms with Crippen molar-refractivity contribution in [3.05, 3.63) is 54.1 Å². The molecule has 1 saturated heterocycles. The van der Waals surface area contributed by atoms with Crippen LogP contribution in [0.1, 0.15) is 5.56 Å². The number of sulfone groups is 1. The van der Waals surface area contributed by atoms with Gasteiger partial charge < -0.3 is 4.90 Å². The van der Waals surface area contributed by atoms with Crippen molar-refractivity contribution >= 4 is 53.0 Å². The molecule has 0 aliphatic carbocycles. The Morgan fingerprint density at radius 3 is 2.34 bits per heavy atom. The molecule has 2 aromatic carbocycles. The lowest BCUT2D eigenvalue weighted by Gasteiger charge is -2.35. The van der Waals surface area contributed by atoms with Gasteiger partial charge >= 0.3 is 0 Å². The summed E-state index contributed by atoms with van der Waals surface area (Å²) < 4.78 is 54.5. The maximum absolute atomic E-state index is 11.9. The molecule has 2 heterocycles. The Bertz CT molecular complexity index is 1280. The monoisotopic (exact) mass is 494 g/mol. The summed E-state index contributed by atoms with van der Waals surface area (Å²) in [4.78, 5) is 4.78. The fraction of sp³-hybridized carbons (Fsp3) is 0.381. The summed E-state index contributed by atoms with van der Waals surface area (Å²) in [6.07, 6.45) is 1.75. The topological polar surface area (TPSA) is 99.7 Å². The molecule has 1 fully saturated rings. The summed E-state index contributed by atoms with van der Waals surface area (Å²) in [6, 6.07) is 15.4. The molecule has 0 unspecified atom stereocenters. The molecule has 8 nitrogen and oxygen atoms in total. The molecule has 1 N–H and O–H groups in total. The van der Waals surface area contributed by atoms with Gasteiger partial charge in [0, 0.05) is 50.1 Å². The van der Waals surface area contributed by atoms with Crippen LogP contribution in [-0.2, 0) is 26.3 Å². The Labute approximate surface area is 193 Å². The van der Waals surface area contributed by atoms with E-state index in [1.54, 1.807) is 23.7 Å². The van der Waals surface area contributed by atoms with Crippen LogP contribution >= 0.6 is 11.5 Å². The molecular formula is C21H26N4O4S3. The van der Waals surface area contributed by atoms with Crippen LogP contribution in [0.25, 0.3) is 10.1 Å². The fourth-order valence-electron chi connectivity index (χ4n) is 3.80. The van der Waals surface area contributed by atoms with Gasteiger partial charge in [-0.1, -0.05) is 24.3 Å². The van der Waals surface area contributed by atoms with Crippen LogP contribution in [-0.4, -0.2) is 70.2 Å². The van der Waals surface area contributed by atoms with E-state index in [0.29, 0.717) is 5.69 Å². The van der Waals surface area contributed by atoms with Gasteiger partial charge in [0.1, 0.15) is 5.82 Å². The highest BCUT2D eigenvalue weighted by Gasteiger charge is 2.21. The van der Waals surface area contributed by atoms with E-state index in [1.807, 2.05) is 18.2 Å². The first-order chi connectivity index (χ1) is 15.2. The van der Waals surface area contributed by atoms with Crippen molar-refractivity contribution in [2.24, 2.45) is 0 Å². The van der Waals surface area contributed by atoms with Gasteiger partial charge in [0.25, 0.3) is 0 Å². The molecule has 11 heteroatoms. The highest BCUT2D eigenvalue weighted by Crippen LogP contribution is 2.29. The summed E-state index contributed by atoms with van der Waals surface area (Å²) in [5.74, 6) is 1.08. The number of nitrogens with one attached hydrogen (secondary N) is 1. The van der Waals surface area contributed by atoms with Gasteiger partial charge in [-0.2, -0.15) is 4.37 Å². The lowest BCUT2D eigenvalue weighted by Crippen LogP contribution is -2.47. The minimum absolute atomic E-state index is 0.363. The summed E-state index contributed by atoms with van der Waals surface area (Å²) in [5, 5.41) is 0.294. The zero-order chi connectivity index (χ0) is 22.8. The normalized spacial score (nSPS) is 15.8. The molecule has 1 aromatic heterocycles. The Hall–Kier alpha value is -2.21. The van der Waals surface area contributed by atoms with E-state index >= 15 is 0 Å². The van der Waals surface area contributed by atoms with Crippen LogP contribution in [0.4, 0.5) is 11.5 Å². The van der Waals surface area contributed by atoms with Crippen LogP contribution < -0.4 is 9.62 Å². The van der Waals surface area contributed by atoms with E-state index in [0.717, 1.165) is 56.8 Å². The Morgan fingerprint density at radius 2 is 1.66 bits per heavy atom. The van der Waals surface area contributed by atoms with E-state index in [1.165, 1.54) is 10.1 Å². The highest BCUT2D eigenvalue weighted by molar-refractivity contribution is 8.08. The minimum atomic E-state index is -3.93. The van der Waals surface area contributed by atoms with E-state index in [9.17, 15) is 16.8 Å². The Morgan fingerprint density at radius 1 is 0.969 bits per heavy atom. The van der Waals surface area contributed by atoms with E-state index in [-0.39, 0.29) is 0 Å². The SMILES string of the molecule is CS(=O)(=O)CS(=O)(=O)Nc1ccc(CCN2CCN(c3nsc4ccccc34)CC2)cc1. The smallest absolute Gasteiger partial charge is 0.247 e. The standard InChI is InChI=1S/C21H26N4O4S3/c1-31(26,27)16-32(28,29)23-18-8-6-17(7-9-18)10-11-24-12-14-25(15-13-24)21-19-4-2-3-5-20(19)30-22-21/h2-9,23H,10-16H2,1H3. The molecule has 0 radical (unpaired) electrons. The van der Waals surface area contributed by atoms with E-state index < -0.39 is 24.9 Å². The zero-order valence-corrected chi connectivity index (χ0v) is 20.2. The Balaban J connectivity index is 1.27. The average Bonchev–Trinajstić information content (AvgIpc) is 3.16. The lowest BCUT2D eigenvalue weighted by atomic mass is 10.1. The van der Waals surface area contributed by atoms with Crippen molar-refractivity contribution in [1.82, 2.24) is 9.27 Å². The molecule has 0 amide bonds. The predicted octanol–water partition coefficient (Wildman–Crippen LogP) is 2.40. The molecule has 0 saturated carbocycles. The largest absolute Gasteiger partial charge is 0.353 e. The van der Waals surface area contributed by atoms with Crippen molar-refractivity contribution < 1.29 is 16.8 Å². The molecule has 0 bridgehead atoms. The fourth-order valence-corrected chi connectivity index (χ4v) is 7.58. The number of nitrogens with zero attached hydrogens (tertiary/aromatic N) is 3. The van der Waals surface area contributed by atoms with Gasteiger partial charge in [-0.15, -0.1) is 0 Å². The molecule has 0 atom stereocenters. The van der Waals surface area contributed by atoms with Crippen LogP contribution in [0.15, 0.2) is 48.5 Å². The molecule has 32 heavy (non-hydrogen) atoms. The molecular weight excluding hydrogens is 468 g/mol. The van der Waals surface area contributed by atoms with Crippen molar-refractivity contribution in [3.63, 3.8) is 0 Å². The number of hydrogen-bond acceptors (Lipinski definition) is 8. The summed E-state index contributed by atoms with van der Waals surface area (Å²) in [5.41, 5.74) is 1.46. The second-order valence-corrected chi connectivity index (χ2v) is 13.1. The third-order valence-electron chi connectivity index (χ3n) is 5.34. The predicted molar refractivity (Wildman–Crippen MR) is 131 cm³/mol. The summed E-state index contributed by atoms with van der Waals surface area (Å²) >= 11 is 1.55. The zero-order valence-electron chi connectivity index (χ0n) is 17.8. The number of sulfonamides is 1.